The molecule has 1 heterocycles. The third-order valence-corrected chi connectivity index (χ3v) is 6.43. The first-order valence-electron chi connectivity index (χ1n) is 9.42. The highest BCUT2D eigenvalue weighted by Gasteiger charge is 2.19. The van der Waals surface area contributed by atoms with Crippen LogP contribution in [0.1, 0.15) is 41.6 Å². The van der Waals surface area contributed by atoms with Crippen molar-refractivity contribution in [1.29, 1.82) is 0 Å². The number of carbonyl (C=O) groups excluding carboxylic acids is 1. The molecule has 1 amide bonds. The maximum absolute atomic E-state index is 12.3. The van der Waals surface area contributed by atoms with Crippen LogP contribution in [0.5, 0.6) is 0 Å². The second-order valence-corrected chi connectivity index (χ2v) is 9.45. The first-order valence-corrected chi connectivity index (χ1v) is 10.9. The average Bonchev–Trinajstić information content (AvgIpc) is 3.22. The summed E-state index contributed by atoms with van der Waals surface area (Å²) in [7, 11) is -0.597. The van der Waals surface area contributed by atoms with Gasteiger partial charge in [0, 0.05) is 26.2 Å². The van der Waals surface area contributed by atoms with Crippen molar-refractivity contribution >= 4 is 15.9 Å². The first kappa shape index (κ1) is 21.7. The van der Waals surface area contributed by atoms with Gasteiger partial charge >= 0.3 is 11.8 Å². The highest BCUT2D eigenvalue weighted by Crippen LogP contribution is 2.21. The Kier molecular flexibility index (Phi) is 6.33. The molecule has 30 heavy (non-hydrogen) atoms. The number of hydrogen-bond donors (Lipinski definition) is 1. The molecule has 2 aromatic carbocycles. The van der Waals surface area contributed by atoms with E-state index in [-0.39, 0.29) is 16.7 Å². The van der Waals surface area contributed by atoms with Gasteiger partial charge in [-0.05, 0) is 41.3 Å². The molecule has 0 saturated heterocycles. The number of benzene rings is 2. The van der Waals surface area contributed by atoms with E-state index in [0.29, 0.717) is 18.0 Å². The van der Waals surface area contributed by atoms with Gasteiger partial charge in [0.15, 0.2) is 0 Å². The van der Waals surface area contributed by atoms with Crippen molar-refractivity contribution in [2.24, 2.45) is 0 Å². The number of amides is 1. The highest BCUT2D eigenvalue weighted by molar-refractivity contribution is 7.89. The minimum Gasteiger partial charge on any atom is -0.412 e. The molecule has 1 aromatic heterocycles. The topological polar surface area (TPSA) is 105 Å². The minimum atomic E-state index is -3.52. The van der Waals surface area contributed by atoms with E-state index < -0.39 is 15.9 Å². The molecule has 158 valence electrons. The Morgan fingerprint density at radius 3 is 2.23 bits per heavy atom. The molecule has 0 aliphatic heterocycles. The van der Waals surface area contributed by atoms with Crippen LogP contribution in [0.15, 0.2) is 57.8 Å². The predicted molar refractivity (Wildman–Crippen MR) is 112 cm³/mol. The molecular weight excluding hydrogens is 404 g/mol. The Morgan fingerprint density at radius 2 is 1.67 bits per heavy atom. The summed E-state index contributed by atoms with van der Waals surface area (Å²) in [5.74, 6) is -0.0555. The fourth-order valence-electron chi connectivity index (χ4n) is 2.69. The van der Waals surface area contributed by atoms with E-state index in [1.54, 1.807) is 12.1 Å². The number of sulfonamides is 1. The molecule has 3 rings (SSSR count). The second-order valence-electron chi connectivity index (χ2n) is 7.30. The van der Waals surface area contributed by atoms with Gasteiger partial charge in [0.25, 0.3) is 0 Å². The summed E-state index contributed by atoms with van der Waals surface area (Å²) in [5.41, 5.74) is 2.71. The van der Waals surface area contributed by atoms with Crippen LogP contribution in [0.25, 0.3) is 11.5 Å². The quantitative estimate of drug-likeness (QED) is 0.620. The van der Waals surface area contributed by atoms with Gasteiger partial charge in [0.05, 0.1) is 4.90 Å². The van der Waals surface area contributed by atoms with Crippen molar-refractivity contribution in [1.82, 2.24) is 19.8 Å². The van der Waals surface area contributed by atoms with E-state index in [9.17, 15) is 13.2 Å². The summed E-state index contributed by atoms with van der Waals surface area (Å²) >= 11 is 0. The SMILES string of the molecule is CC(C)c1ccc(CNC(=O)c2nnc(-c3ccc(S(=O)(=O)N(C)C)cc3)o2)cc1. The Balaban J connectivity index is 1.66. The molecule has 0 atom stereocenters. The molecule has 0 spiro atoms. The maximum atomic E-state index is 12.3. The van der Waals surface area contributed by atoms with E-state index in [0.717, 1.165) is 9.87 Å². The average molecular weight is 429 g/mol. The van der Waals surface area contributed by atoms with Crippen molar-refractivity contribution in [3.05, 3.63) is 65.5 Å². The van der Waals surface area contributed by atoms with Gasteiger partial charge in [-0.25, -0.2) is 12.7 Å². The summed E-state index contributed by atoms with van der Waals surface area (Å²) in [6.45, 7) is 4.59. The van der Waals surface area contributed by atoms with E-state index >= 15 is 0 Å². The summed E-state index contributed by atoms with van der Waals surface area (Å²) in [4.78, 5) is 12.5. The number of aromatic nitrogens is 2. The van der Waals surface area contributed by atoms with E-state index in [4.69, 9.17) is 4.42 Å². The lowest BCUT2D eigenvalue weighted by Crippen LogP contribution is -2.23. The Hall–Kier alpha value is -3.04. The molecule has 0 aliphatic rings. The van der Waals surface area contributed by atoms with Crippen LogP contribution in [0.3, 0.4) is 0 Å². The maximum Gasteiger partial charge on any atom is 0.309 e. The number of hydrogen-bond acceptors (Lipinski definition) is 6. The summed E-state index contributed by atoms with van der Waals surface area (Å²) < 4.78 is 30.9. The molecule has 9 heteroatoms. The summed E-state index contributed by atoms with van der Waals surface area (Å²) in [5, 5.41) is 10.4. The van der Waals surface area contributed by atoms with Crippen LogP contribution >= 0.6 is 0 Å². The van der Waals surface area contributed by atoms with Crippen molar-refractivity contribution < 1.29 is 17.6 Å². The first-order chi connectivity index (χ1) is 14.2. The molecule has 0 fully saturated rings. The van der Waals surface area contributed by atoms with Gasteiger partial charge in [0.1, 0.15) is 0 Å². The molecule has 0 bridgehead atoms. The van der Waals surface area contributed by atoms with Crippen LogP contribution in [0, 0.1) is 0 Å². The molecular formula is C21H24N4O4S. The molecule has 0 saturated carbocycles. The Morgan fingerprint density at radius 1 is 1.03 bits per heavy atom. The van der Waals surface area contributed by atoms with Crippen molar-refractivity contribution in [3.63, 3.8) is 0 Å². The van der Waals surface area contributed by atoms with Crippen molar-refractivity contribution in [3.8, 4) is 11.5 Å². The van der Waals surface area contributed by atoms with Gasteiger partial charge in [-0.2, -0.15) is 0 Å². The lowest BCUT2D eigenvalue weighted by Gasteiger charge is -2.11. The smallest absolute Gasteiger partial charge is 0.309 e. The zero-order chi connectivity index (χ0) is 21.9. The van der Waals surface area contributed by atoms with Crippen LogP contribution in [-0.2, 0) is 16.6 Å². The van der Waals surface area contributed by atoms with Crippen LogP contribution < -0.4 is 5.32 Å². The van der Waals surface area contributed by atoms with Gasteiger partial charge in [-0.3, -0.25) is 4.79 Å². The summed E-state index contributed by atoms with van der Waals surface area (Å²) in [6.07, 6.45) is 0. The molecule has 1 N–H and O–H groups in total. The predicted octanol–water partition coefficient (Wildman–Crippen LogP) is 3.04. The number of rotatable bonds is 7. The largest absolute Gasteiger partial charge is 0.412 e. The lowest BCUT2D eigenvalue weighted by atomic mass is 10.0. The number of nitrogens with one attached hydrogen (secondary N) is 1. The second kappa shape index (κ2) is 8.76. The van der Waals surface area contributed by atoms with Crippen LogP contribution in [0.2, 0.25) is 0 Å². The number of nitrogens with zero attached hydrogens (tertiary/aromatic N) is 3. The minimum absolute atomic E-state index is 0.134. The molecule has 0 aliphatic carbocycles. The zero-order valence-electron chi connectivity index (χ0n) is 17.3. The van der Waals surface area contributed by atoms with Crippen molar-refractivity contribution in [2.75, 3.05) is 14.1 Å². The van der Waals surface area contributed by atoms with E-state index in [1.807, 2.05) is 24.3 Å². The molecule has 3 aromatic rings. The van der Waals surface area contributed by atoms with Gasteiger partial charge in [0.2, 0.25) is 15.9 Å². The van der Waals surface area contributed by atoms with E-state index in [2.05, 4.69) is 29.4 Å². The monoisotopic (exact) mass is 428 g/mol. The molecule has 0 radical (unpaired) electrons. The number of carbonyl (C=O) groups is 1. The van der Waals surface area contributed by atoms with Crippen LogP contribution in [0.4, 0.5) is 0 Å². The zero-order valence-corrected chi connectivity index (χ0v) is 18.1. The van der Waals surface area contributed by atoms with Crippen molar-refractivity contribution in [2.45, 2.75) is 31.2 Å². The highest BCUT2D eigenvalue weighted by atomic mass is 32.2. The standard InChI is InChI=1S/C21H24N4O4S/c1-14(2)16-7-5-15(6-8-16)13-22-19(26)21-24-23-20(29-21)17-9-11-18(12-10-17)30(27,28)25(3)4/h5-12,14H,13H2,1-4H3,(H,22,26). The molecule has 8 nitrogen and oxygen atoms in total. The third kappa shape index (κ3) is 4.74. The van der Waals surface area contributed by atoms with Gasteiger partial charge < -0.3 is 9.73 Å². The third-order valence-electron chi connectivity index (χ3n) is 4.60. The van der Waals surface area contributed by atoms with Crippen LogP contribution in [-0.4, -0.2) is 42.9 Å². The summed E-state index contributed by atoms with van der Waals surface area (Å²) in [6, 6.07) is 14.0. The fraction of sp³-hybridized carbons (Fsp3) is 0.286. The Labute approximate surface area is 176 Å². The fourth-order valence-corrected chi connectivity index (χ4v) is 3.59. The molecule has 0 unspecified atom stereocenters. The van der Waals surface area contributed by atoms with Gasteiger partial charge in [-0.15, -0.1) is 10.2 Å². The normalized spacial score (nSPS) is 11.8. The van der Waals surface area contributed by atoms with Gasteiger partial charge in [-0.1, -0.05) is 38.1 Å². The van der Waals surface area contributed by atoms with E-state index in [1.165, 1.54) is 31.8 Å². The lowest BCUT2D eigenvalue weighted by molar-refractivity contribution is 0.0917. The Bertz CT molecular complexity index is 1120.